The van der Waals surface area contributed by atoms with E-state index in [1.165, 1.54) is 31.9 Å². The van der Waals surface area contributed by atoms with Crippen LogP contribution in [0.25, 0.3) is 0 Å². The van der Waals surface area contributed by atoms with E-state index in [4.69, 9.17) is 4.74 Å². The molecule has 2 aromatic carbocycles. The van der Waals surface area contributed by atoms with Crippen LogP contribution in [0.2, 0.25) is 0 Å². The van der Waals surface area contributed by atoms with E-state index in [-0.39, 0.29) is 5.69 Å². The molecule has 0 saturated carbocycles. The van der Waals surface area contributed by atoms with Gasteiger partial charge in [0.05, 0.1) is 36.3 Å². The Hall–Kier alpha value is -2.62. The van der Waals surface area contributed by atoms with Crippen molar-refractivity contribution in [3.8, 4) is 5.75 Å². The standard InChI is InChI=1S/C14H14N2O5S.C8H19N/c1-21-11-8-6-10(7-9-11)15-14(17)16-12-4-2-3-5-13(12)22(18,19)20;1-6-9(7(2)3)8(4)5/h2-9H,1H3,(H2,15,16,17)(H,18,19,20);7-8H,6H2,1-5H3. The summed E-state index contributed by atoms with van der Waals surface area (Å²) in [5.74, 6) is 0.633. The van der Waals surface area contributed by atoms with E-state index in [1.54, 1.807) is 29.2 Å². The van der Waals surface area contributed by atoms with Gasteiger partial charge in [-0.05, 0) is 71.0 Å². The molecule has 0 heterocycles. The van der Waals surface area contributed by atoms with E-state index >= 15 is 0 Å². The number of quaternary nitrogens is 1. The molecular formula is C22H33N3O5S. The molecule has 0 unspecified atom stereocenters. The van der Waals surface area contributed by atoms with E-state index in [0.717, 1.165) is 18.2 Å². The van der Waals surface area contributed by atoms with Crippen molar-refractivity contribution < 1.29 is 27.4 Å². The van der Waals surface area contributed by atoms with Crippen molar-refractivity contribution in [2.24, 2.45) is 0 Å². The Bertz CT molecular complexity index is 920. The van der Waals surface area contributed by atoms with Crippen LogP contribution in [-0.4, -0.2) is 44.7 Å². The molecule has 0 spiro atoms. The summed E-state index contributed by atoms with van der Waals surface area (Å²) in [7, 11) is -3.15. The van der Waals surface area contributed by atoms with E-state index in [1.807, 2.05) is 0 Å². The lowest BCUT2D eigenvalue weighted by Crippen LogP contribution is -3.17. The topological polar surface area (TPSA) is 112 Å². The number of anilines is 2. The van der Waals surface area contributed by atoms with Crippen LogP contribution >= 0.6 is 0 Å². The molecule has 0 fully saturated rings. The Morgan fingerprint density at radius 2 is 1.55 bits per heavy atom. The molecule has 2 rings (SSSR count). The van der Waals surface area contributed by atoms with Crippen LogP contribution in [0.3, 0.4) is 0 Å². The molecule has 8 nitrogen and oxygen atoms in total. The summed E-state index contributed by atoms with van der Waals surface area (Å²) in [6, 6.07) is 12.8. The van der Waals surface area contributed by atoms with Crippen molar-refractivity contribution in [2.75, 3.05) is 24.3 Å². The molecule has 2 aromatic rings. The Labute approximate surface area is 185 Å². The predicted octanol–water partition coefficient (Wildman–Crippen LogP) is 2.95. The van der Waals surface area contributed by atoms with Crippen molar-refractivity contribution in [2.45, 2.75) is 51.6 Å². The number of nitrogens with one attached hydrogen (secondary N) is 3. The van der Waals surface area contributed by atoms with Gasteiger partial charge in [0.25, 0.3) is 0 Å². The minimum absolute atomic E-state index is 0.0801. The third kappa shape index (κ3) is 8.95. The highest BCUT2D eigenvalue weighted by atomic mass is 32.2. The third-order valence-electron chi connectivity index (χ3n) is 4.64. The molecule has 0 radical (unpaired) electrons. The highest BCUT2D eigenvalue weighted by Gasteiger charge is 2.13. The summed E-state index contributed by atoms with van der Waals surface area (Å²) >= 11 is 0. The monoisotopic (exact) mass is 451 g/mol. The molecule has 0 atom stereocenters. The number of para-hydroxylation sites is 1. The zero-order chi connectivity index (χ0) is 23.6. The van der Waals surface area contributed by atoms with Crippen molar-refractivity contribution in [3.05, 3.63) is 48.5 Å². The maximum absolute atomic E-state index is 11.9. The van der Waals surface area contributed by atoms with Crippen molar-refractivity contribution in [1.82, 2.24) is 0 Å². The Balaban J connectivity index is 0.000000452. The number of urea groups is 1. The SMILES string of the molecule is CC[NH+](C(C)C)C(C)C.COc1ccc(NC(=O)Nc2ccccc2S(=O)(=O)[O-])cc1. The van der Waals surface area contributed by atoms with E-state index in [9.17, 15) is 17.8 Å². The number of hydrogen-bond donors (Lipinski definition) is 3. The number of hydrogen-bond acceptors (Lipinski definition) is 5. The summed E-state index contributed by atoms with van der Waals surface area (Å²) in [5.41, 5.74) is 0.407. The molecule has 2 amide bonds. The van der Waals surface area contributed by atoms with Gasteiger partial charge in [-0.25, -0.2) is 13.2 Å². The normalized spacial score (nSPS) is 11.2. The second-order valence-corrected chi connectivity index (χ2v) is 8.84. The first-order chi connectivity index (χ1) is 14.5. The zero-order valence-corrected chi connectivity index (χ0v) is 19.7. The van der Waals surface area contributed by atoms with Crippen molar-refractivity contribution in [3.63, 3.8) is 0 Å². The lowest BCUT2D eigenvalue weighted by molar-refractivity contribution is -0.940. The molecule has 3 N–H and O–H groups in total. The van der Waals surface area contributed by atoms with Crippen molar-refractivity contribution in [1.29, 1.82) is 0 Å². The van der Waals surface area contributed by atoms with Gasteiger partial charge in [0.15, 0.2) is 0 Å². The van der Waals surface area contributed by atoms with Crippen LogP contribution in [0.1, 0.15) is 34.6 Å². The Morgan fingerprint density at radius 3 is 1.97 bits per heavy atom. The van der Waals surface area contributed by atoms with Gasteiger partial charge >= 0.3 is 6.03 Å². The van der Waals surface area contributed by atoms with E-state index in [2.05, 4.69) is 45.3 Å². The lowest BCUT2D eigenvalue weighted by atomic mass is 10.2. The fourth-order valence-corrected chi connectivity index (χ4v) is 3.86. The molecule has 31 heavy (non-hydrogen) atoms. The van der Waals surface area contributed by atoms with Crippen LogP contribution in [0.5, 0.6) is 5.75 Å². The number of carbonyl (C=O) groups is 1. The van der Waals surface area contributed by atoms with Gasteiger partial charge in [0, 0.05) is 5.69 Å². The van der Waals surface area contributed by atoms with E-state index in [0.29, 0.717) is 11.4 Å². The van der Waals surface area contributed by atoms with Gasteiger partial charge in [-0.15, -0.1) is 0 Å². The average molecular weight is 452 g/mol. The number of rotatable bonds is 7. The fraction of sp³-hybridized carbons (Fsp3) is 0.409. The quantitative estimate of drug-likeness (QED) is 0.561. The smallest absolute Gasteiger partial charge is 0.323 e. The molecule has 172 valence electrons. The van der Waals surface area contributed by atoms with Gasteiger partial charge in [-0.3, -0.25) is 0 Å². The Morgan fingerprint density at radius 1 is 1.00 bits per heavy atom. The van der Waals surface area contributed by atoms with Gasteiger partial charge in [-0.1, -0.05) is 12.1 Å². The molecule has 0 aliphatic heterocycles. The zero-order valence-electron chi connectivity index (χ0n) is 18.9. The van der Waals surface area contributed by atoms with Gasteiger partial charge in [0.1, 0.15) is 15.9 Å². The molecule has 0 aromatic heterocycles. The molecule has 0 bridgehead atoms. The van der Waals surface area contributed by atoms with Crippen LogP contribution in [0.15, 0.2) is 53.4 Å². The first kappa shape index (κ1) is 26.4. The molecule has 0 aliphatic carbocycles. The summed E-state index contributed by atoms with van der Waals surface area (Å²) in [6.07, 6.45) is 0. The highest BCUT2D eigenvalue weighted by Crippen LogP contribution is 2.21. The molecule has 0 saturated heterocycles. The van der Waals surface area contributed by atoms with Gasteiger partial charge in [-0.2, -0.15) is 0 Å². The minimum atomic E-state index is -4.67. The fourth-order valence-electron chi connectivity index (χ4n) is 3.23. The van der Waals surface area contributed by atoms with Gasteiger partial charge in [0.2, 0.25) is 0 Å². The summed E-state index contributed by atoms with van der Waals surface area (Å²) in [6.45, 7) is 12.6. The summed E-state index contributed by atoms with van der Waals surface area (Å²) in [4.78, 5) is 13.1. The Kier molecular flexibility index (Phi) is 10.5. The summed E-state index contributed by atoms with van der Waals surface area (Å²) in [5, 5.41) is 4.85. The maximum atomic E-state index is 11.9. The highest BCUT2D eigenvalue weighted by molar-refractivity contribution is 7.86. The van der Waals surface area contributed by atoms with Crippen LogP contribution in [0, 0.1) is 0 Å². The minimum Gasteiger partial charge on any atom is -0.744 e. The van der Waals surface area contributed by atoms with Crippen LogP contribution in [-0.2, 0) is 10.1 Å². The number of amides is 2. The first-order valence-corrected chi connectivity index (χ1v) is 11.5. The molecular weight excluding hydrogens is 418 g/mol. The first-order valence-electron chi connectivity index (χ1n) is 10.1. The molecule has 0 aliphatic rings. The van der Waals surface area contributed by atoms with Gasteiger partial charge < -0.3 is 24.8 Å². The number of benzene rings is 2. The second kappa shape index (κ2) is 12.3. The summed E-state index contributed by atoms with van der Waals surface area (Å²) < 4.78 is 38.4. The predicted molar refractivity (Wildman–Crippen MR) is 122 cm³/mol. The van der Waals surface area contributed by atoms with Crippen LogP contribution < -0.4 is 20.3 Å². The van der Waals surface area contributed by atoms with Crippen molar-refractivity contribution >= 4 is 27.5 Å². The number of methoxy groups -OCH3 is 1. The average Bonchev–Trinajstić information content (AvgIpc) is 2.68. The number of ether oxygens (including phenoxy) is 1. The second-order valence-electron chi connectivity index (χ2n) is 7.50. The van der Waals surface area contributed by atoms with Crippen LogP contribution in [0.4, 0.5) is 16.2 Å². The third-order valence-corrected chi connectivity index (χ3v) is 5.54. The maximum Gasteiger partial charge on any atom is 0.323 e. The van der Waals surface area contributed by atoms with E-state index < -0.39 is 21.0 Å². The lowest BCUT2D eigenvalue weighted by Gasteiger charge is -2.25. The number of carbonyl (C=O) groups excluding carboxylic acids is 1. The molecule has 9 heteroatoms. The largest absolute Gasteiger partial charge is 0.744 e.